The highest BCUT2D eigenvalue weighted by Gasteiger charge is 2.50. The lowest BCUT2D eigenvalue weighted by molar-refractivity contribution is -0.232. The van der Waals surface area contributed by atoms with Crippen molar-refractivity contribution < 1.29 is 50.4 Å². The Hall–Kier alpha value is -3.06. The Morgan fingerprint density at radius 3 is 2.29 bits per heavy atom. The first-order valence-corrected chi connectivity index (χ1v) is 12.5. The summed E-state index contributed by atoms with van der Waals surface area (Å²) >= 11 is 0. The van der Waals surface area contributed by atoms with Crippen molar-refractivity contribution in [2.75, 3.05) is 6.61 Å². The molecule has 206 valence electrons. The molecule has 11 nitrogen and oxygen atoms in total. The van der Waals surface area contributed by atoms with Crippen molar-refractivity contribution >= 4 is 11.7 Å². The van der Waals surface area contributed by atoms with E-state index in [1.807, 2.05) is 6.92 Å². The van der Waals surface area contributed by atoms with Gasteiger partial charge in [0.25, 0.3) is 0 Å². The van der Waals surface area contributed by atoms with Crippen LogP contribution in [-0.4, -0.2) is 95.7 Å². The molecule has 8 N–H and O–H groups in total. The van der Waals surface area contributed by atoms with E-state index < -0.39 is 61.7 Å². The van der Waals surface area contributed by atoms with Crippen LogP contribution in [0.1, 0.15) is 54.0 Å². The topological polar surface area (TPSA) is 200 Å². The summed E-state index contributed by atoms with van der Waals surface area (Å²) in [6, 6.07) is 6.15. The van der Waals surface area contributed by atoms with Gasteiger partial charge >= 0.3 is 5.97 Å². The normalized spacial score (nSPS) is 29.4. The minimum absolute atomic E-state index is 0.0173. The maximum absolute atomic E-state index is 12.2. The van der Waals surface area contributed by atoms with Crippen LogP contribution in [0.2, 0.25) is 0 Å². The molecule has 38 heavy (non-hydrogen) atoms. The zero-order valence-electron chi connectivity index (χ0n) is 21.0. The third-order valence-corrected chi connectivity index (χ3v) is 7.57. The Morgan fingerprint density at radius 1 is 1.00 bits per heavy atom. The number of carboxylic acid groups (broad SMARTS) is 1. The third kappa shape index (κ3) is 4.66. The van der Waals surface area contributed by atoms with E-state index in [9.17, 15) is 45.6 Å². The smallest absolute Gasteiger partial charge is 0.328 e. The molecule has 1 heterocycles. The molecule has 1 fully saturated rings. The lowest BCUT2D eigenvalue weighted by Gasteiger charge is -2.45. The van der Waals surface area contributed by atoms with Gasteiger partial charge in [-0.25, -0.2) is 4.79 Å². The zero-order valence-corrected chi connectivity index (χ0v) is 21.0. The van der Waals surface area contributed by atoms with Crippen LogP contribution in [0, 0.1) is 5.92 Å². The van der Waals surface area contributed by atoms with Crippen molar-refractivity contribution in [3.8, 4) is 11.5 Å². The predicted molar refractivity (Wildman–Crippen MR) is 134 cm³/mol. The fraction of sp³-hybridized carbons (Fsp3) is 0.481. The molecular formula is C27H33NO10. The maximum Gasteiger partial charge on any atom is 0.328 e. The molecule has 2 aromatic rings. The quantitative estimate of drug-likeness (QED) is 0.244. The van der Waals surface area contributed by atoms with Crippen LogP contribution in [0.5, 0.6) is 11.5 Å². The van der Waals surface area contributed by atoms with E-state index in [2.05, 4.69) is 4.99 Å². The summed E-state index contributed by atoms with van der Waals surface area (Å²) < 4.78 is 5.88. The van der Waals surface area contributed by atoms with Crippen molar-refractivity contribution in [2.45, 2.75) is 69.4 Å². The summed E-state index contributed by atoms with van der Waals surface area (Å²) in [4.78, 5) is 16.7. The molecule has 1 aliphatic carbocycles. The molecule has 1 saturated heterocycles. The molecule has 0 spiro atoms. The number of aliphatic hydroxyl groups is 5. The van der Waals surface area contributed by atoms with Gasteiger partial charge < -0.3 is 45.6 Å². The lowest BCUT2D eigenvalue weighted by Crippen LogP contribution is -2.60. The Morgan fingerprint density at radius 2 is 1.68 bits per heavy atom. The van der Waals surface area contributed by atoms with Gasteiger partial charge in [0.15, 0.2) is 6.04 Å². The van der Waals surface area contributed by atoms with Crippen molar-refractivity contribution in [1.82, 2.24) is 0 Å². The number of aromatic hydroxyl groups is 2. The van der Waals surface area contributed by atoms with Gasteiger partial charge in [-0.1, -0.05) is 38.5 Å². The Kier molecular flexibility index (Phi) is 8.07. The van der Waals surface area contributed by atoms with Crippen LogP contribution in [0.3, 0.4) is 0 Å². The lowest BCUT2D eigenvalue weighted by atomic mass is 9.71. The van der Waals surface area contributed by atoms with Gasteiger partial charge in [-0.15, -0.1) is 0 Å². The number of phenolic OH excluding ortho intramolecular Hbond substituents is 2. The number of hydrogen-bond acceptors (Lipinski definition) is 10. The average molecular weight is 532 g/mol. The minimum Gasteiger partial charge on any atom is -0.507 e. The van der Waals surface area contributed by atoms with Crippen LogP contribution < -0.4 is 0 Å². The van der Waals surface area contributed by atoms with E-state index in [1.165, 1.54) is 18.2 Å². The Balaban J connectivity index is 2.04. The monoisotopic (exact) mass is 531 g/mol. The molecule has 4 rings (SSSR count). The van der Waals surface area contributed by atoms with E-state index in [-0.39, 0.29) is 34.3 Å². The van der Waals surface area contributed by atoms with E-state index >= 15 is 0 Å². The van der Waals surface area contributed by atoms with Gasteiger partial charge in [0.05, 0.1) is 25.0 Å². The number of nitrogens with zero attached hydrogens (tertiary/aromatic N) is 1. The van der Waals surface area contributed by atoms with Gasteiger partial charge in [0.2, 0.25) is 0 Å². The highest BCUT2D eigenvalue weighted by molar-refractivity contribution is 6.19. The number of ether oxygens (including phenoxy) is 1. The highest BCUT2D eigenvalue weighted by atomic mass is 16.5. The Bertz CT molecular complexity index is 1230. The summed E-state index contributed by atoms with van der Waals surface area (Å²) in [7, 11) is 0. The Labute approximate surface area is 218 Å². The van der Waals surface area contributed by atoms with Crippen molar-refractivity contribution in [2.24, 2.45) is 10.9 Å². The molecule has 0 saturated carbocycles. The number of aliphatic hydroxyl groups excluding tert-OH is 5. The highest BCUT2D eigenvalue weighted by Crippen LogP contribution is 2.48. The number of aliphatic imine (C=N–C) groups is 1. The predicted octanol–water partition coefficient (Wildman–Crippen LogP) is 0.214. The van der Waals surface area contributed by atoms with E-state index in [1.54, 1.807) is 19.1 Å². The fourth-order valence-electron chi connectivity index (χ4n) is 5.35. The maximum atomic E-state index is 12.2. The second-order valence-corrected chi connectivity index (χ2v) is 9.90. The zero-order chi connectivity index (χ0) is 27.9. The first-order chi connectivity index (χ1) is 18.0. The molecule has 0 aromatic heterocycles. The summed E-state index contributed by atoms with van der Waals surface area (Å²) in [6.45, 7) is 2.44. The van der Waals surface area contributed by atoms with Crippen LogP contribution in [-0.2, 0) is 16.1 Å². The third-order valence-electron chi connectivity index (χ3n) is 7.57. The van der Waals surface area contributed by atoms with E-state index in [0.717, 1.165) is 0 Å². The van der Waals surface area contributed by atoms with Gasteiger partial charge in [-0.2, -0.15) is 0 Å². The molecule has 2 aromatic carbocycles. The standard InChI is InChI=1S/C27H33NO10/c1-3-11(2)21(27(36)37)28-22-19-13(5-4-6-15(19)31)18(14-7-12(9-29)8-16(32)20(14)22)26-25(35)24(34)23(33)17(10-30)38-26/h4-8,11,17-18,21,23-26,29-35H,3,9-10H2,1-2H3,(H,36,37)/t11?,17-,18?,21?,23-,24+,25-,26+/m1/s1. The number of benzene rings is 2. The molecule has 0 bridgehead atoms. The number of phenols is 2. The number of hydrogen-bond donors (Lipinski definition) is 8. The van der Waals surface area contributed by atoms with Crippen LogP contribution in [0.15, 0.2) is 35.3 Å². The van der Waals surface area contributed by atoms with Crippen molar-refractivity contribution in [3.05, 3.63) is 58.1 Å². The number of carboxylic acids is 1. The van der Waals surface area contributed by atoms with E-state index in [4.69, 9.17) is 4.74 Å². The second-order valence-electron chi connectivity index (χ2n) is 9.90. The van der Waals surface area contributed by atoms with Crippen molar-refractivity contribution in [3.63, 3.8) is 0 Å². The van der Waals surface area contributed by atoms with Gasteiger partial charge in [-0.05, 0) is 34.7 Å². The molecule has 11 heteroatoms. The van der Waals surface area contributed by atoms with E-state index in [0.29, 0.717) is 23.1 Å². The minimum atomic E-state index is -1.68. The number of fused-ring (bicyclic) bond motifs is 2. The molecular weight excluding hydrogens is 498 g/mol. The molecule has 8 atom stereocenters. The van der Waals surface area contributed by atoms with Gasteiger partial charge in [-0.3, -0.25) is 4.99 Å². The molecule has 0 amide bonds. The summed E-state index contributed by atoms with van der Waals surface area (Å²) in [6.07, 6.45) is -6.91. The fourth-order valence-corrected chi connectivity index (χ4v) is 5.35. The number of carbonyl (C=O) groups is 1. The molecule has 0 radical (unpaired) electrons. The first-order valence-electron chi connectivity index (χ1n) is 12.5. The number of rotatable bonds is 7. The molecule has 1 aliphatic heterocycles. The largest absolute Gasteiger partial charge is 0.507 e. The summed E-state index contributed by atoms with van der Waals surface area (Å²) in [5.41, 5.74) is 1.15. The summed E-state index contributed by atoms with van der Waals surface area (Å²) in [5, 5.41) is 83.4. The second kappa shape index (κ2) is 11.0. The van der Waals surface area contributed by atoms with Crippen LogP contribution in [0.25, 0.3) is 0 Å². The SMILES string of the molecule is CCC(C)C(N=C1c2c(O)cccc2C([C@@H]2O[C@H](CO)[C@@H](O)[C@H](O)[C@H]2O)c2cc(CO)cc(O)c21)C(=O)O. The first kappa shape index (κ1) is 28.0. The van der Waals surface area contributed by atoms with Crippen LogP contribution >= 0.6 is 0 Å². The average Bonchev–Trinajstić information content (AvgIpc) is 2.89. The number of aliphatic carboxylic acids is 1. The summed E-state index contributed by atoms with van der Waals surface area (Å²) in [5.74, 6) is -3.17. The van der Waals surface area contributed by atoms with Gasteiger partial charge in [0, 0.05) is 17.0 Å². The van der Waals surface area contributed by atoms with Gasteiger partial charge in [0.1, 0.15) is 35.9 Å². The molecule has 3 unspecified atom stereocenters. The van der Waals surface area contributed by atoms with Crippen LogP contribution in [0.4, 0.5) is 0 Å². The van der Waals surface area contributed by atoms with Crippen molar-refractivity contribution in [1.29, 1.82) is 0 Å². The molecule has 2 aliphatic rings.